The second-order valence-corrected chi connectivity index (χ2v) is 6.19. The van der Waals surface area contributed by atoms with Gasteiger partial charge in [0.1, 0.15) is 0 Å². The van der Waals surface area contributed by atoms with Gasteiger partial charge in [0.25, 0.3) is 0 Å². The van der Waals surface area contributed by atoms with Gasteiger partial charge in [-0.15, -0.1) is 0 Å². The van der Waals surface area contributed by atoms with Crippen molar-refractivity contribution >= 4 is 23.1 Å². The van der Waals surface area contributed by atoms with Crippen molar-refractivity contribution in [2.75, 3.05) is 27.2 Å². The van der Waals surface area contributed by atoms with E-state index in [1.807, 2.05) is 11.9 Å². The van der Waals surface area contributed by atoms with E-state index in [1.165, 1.54) is 0 Å². The van der Waals surface area contributed by atoms with Crippen molar-refractivity contribution in [1.82, 2.24) is 9.80 Å². The Morgan fingerprint density at radius 2 is 1.94 bits per heavy atom. The summed E-state index contributed by atoms with van der Waals surface area (Å²) in [6.45, 7) is 2.12. The van der Waals surface area contributed by atoms with E-state index < -0.39 is 5.41 Å². The topological polar surface area (TPSA) is 49.6 Å². The molecule has 0 aromatic rings. The van der Waals surface area contributed by atoms with Crippen LogP contribution in [0.4, 0.5) is 0 Å². The number of nitrogens with two attached hydrogens (primary N) is 1. The smallest absolute Gasteiger partial charge is 0.235 e. The zero-order valence-corrected chi connectivity index (χ0v) is 12.1. The van der Waals surface area contributed by atoms with Crippen molar-refractivity contribution < 1.29 is 4.79 Å². The molecule has 5 heteroatoms. The Morgan fingerprint density at radius 1 is 1.39 bits per heavy atom. The highest BCUT2D eigenvalue weighted by molar-refractivity contribution is 7.80. The Hall–Kier alpha value is -0.680. The van der Waals surface area contributed by atoms with Crippen LogP contribution in [0.3, 0.4) is 0 Å². The summed E-state index contributed by atoms with van der Waals surface area (Å²) in [6.07, 6.45) is 4.82. The molecule has 0 radical (unpaired) electrons. The van der Waals surface area contributed by atoms with Crippen LogP contribution in [0.2, 0.25) is 0 Å². The summed E-state index contributed by atoms with van der Waals surface area (Å²) in [5.74, 6) is 0.149. The van der Waals surface area contributed by atoms with E-state index in [0.29, 0.717) is 11.0 Å². The summed E-state index contributed by atoms with van der Waals surface area (Å²) < 4.78 is 0. The second kappa shape index (κ2) is 5.13. The normalized spacial score (nSPS) is 24.3. The average molecular weight is 269 g/mol. The van der Waals surface area contributed by atoms with Gasteiger partial charge in [0.05, 0.1) is 10.4 Å². The van der Waals surface area contributed by atoms with Gasteiger partial charge in [-0.05, 0) is 45.8 Å². The Balaban J connectivity index is 2.02. The molecular weight excluding hydrogens is 246 g/mol. The summed E-state index contributed by atoms with van der Waals surface area (Å²) in [6, 6.07) is 0.348. The van der Waals surface area contributed by atoms with Gasteiger partial charge in [0.15, 0.2) is 0 Å². The minimum absolute atomic E-state index is 0.149. The Kier molecular flexibility index (Phi) is 3.92. The molecule has 1 saturated carbocycles. The molecule has 0 aromatic carbocycles. The van der Waals surface area contributed by atoms with Crippen molar-refractivity contribution in [2.24, 2.45) is 11.1 Å². The van der Waals surface area contributed by atoms with E-state index in [0.717, 1.165) is 45.2 Å². The molecular formula is C13H23N3OS. The predicted octanol–water partition coefficient (Wildman–Crippen LogP) is 0.995. The van der Waals surface area contributed by atoms with E-state index in [4.69, 9.17) is 18.0 Å². The minimum atomic E-state index is -0.520. The van der Waals surface area contributed by atoms with Crippen LogP contribution < -0.4 is 5.73 Å². The van der Waals surface area contributed by atoms with E-state index in [-0.39, 0.29) is 5.91 Å². The number of hydrogen-bond acceptors (Lipinski definition) is 3. The van der Waals surface area contributed by atoms with Crippen LogP contribution in [0, 0.1) is 5.41 Å². The van der Waals surface area contributed by atoms with Crippen molar-refractivity contribution in [2.45, 2.75) is 38.1 Å². The van der Waals surface area contributed by atoms with Crippen LogP contribution >= 0.6 is 12.2 Å². The molecule has 1 amide bonds. The third-order valence-corrected chi connectivity index (χ3v) is 5.04. The van der Waals surface area contributed by atoms with Gasteiger partial charge in [0, 0.05) is 13.1 Å². The van der Waals surface area contributed by atoms with Crippen molar-refractivity contribution in [3.05, 3.63) is 0 Å². The number of amides is 1. The monoisotopic (exact) mass is 269 g/mol. The number of likely N-dealkylation sites (tertiary alicyclic amines) is 1. The number of piperidine rings is 1. The van der Waals surface area contributed by atoms with Crippen LogP contribution in [-0.4, -0.2) is 53.9 Å². The van der Waals surface area contributed by atoms with Gasteiger partial charge in [-0.2, -0.15) is 0 Å². The highest BCUT2D eigenvalue weighted by Crippen LogP contribution is 2.43. The molecule has 2 aliphatic rings. The molecule has 1 heterocycles. The number of carbonyl (C=O) groups is 1. The fourth-order valence-corrected chi connectivity index (χ4v) is 3.27. The van der Waals surface area contributed by atoms with Crippen molar-refractivity contribution in [3.8, 4) is 0 Å². The summed E-state index contributed by atoms with van der Waals surface area (Å²) >= 11 is 5.12. The van der Waals surface area contributed by atoms with Gasteiger partial charge in [0.2, 0.25) is 5.91 Å². The summed E-state index contributed by atoms with van der Waals surface area (Å²) in [5.41, 5.74) is 5.28. The minimum Gasteiger partial charge on any atom is -0.392 e. The van der Waals surface area contributed by atoms with E-state index >= 15 is 0 Å². The maximum absolute atomic E-state index is 12.6. The first-order valence-corrected chi connectivity index (χ1v) is 7.14. The van der Waals surface area contributed by atoms with Gasteiger partial charge in [-0.25, -0.2) is 0 Å². The summed E-state index contributed by atoms with van der Waals surface area (Å²) in [4.78, 5) is 17.2. The zero-order chi connectivity index (χ0) is 13.3. The fourth-order valence-electron chi connectivity index (χ4n) is 2.98. The molecule has 0 unspecified atom stereocenters. The lowest BCUT2D eigenvalue weighted by Gasteiger charge is -2.45. The van der Waals surface area contributed by atoms with Gasteiger partial charge in [-0.3, -0.25) is 4.79 Å². The number of hydrogen-bond donors (Lipinski definition) is 1. The van der Waals surface area contributed by atoms with Crippen LogP contribution in [-0.2, 0) is 4.79 Å². The Morgan fingerprint density at radius 3 is 2.33 bits per heavy atom. The van der Waals surface area contributed by atoms with E-state index in [1.54, 1.807) is 0 Å². The molecule has 102 valence electrons. The maximum Gasteiger partial charge on any atom is 0.235 e. The van der Waals surface area contributed by atoms with Crippen LogP contribution in [0.25, 0.3) is 0 Å². The van der Waals surface area contributed by atoms with Crippen molar-refractivity contribution in [3.63, 3.8) is 0 Å². The van der Waals surface area contributed by atoms with Gasteiger partial charge >= 0.3 is 0 Å². The quantitative estimate of drug-likeness (QED) is 0.777. The molecule has 1 aliphatic carbocycles. The van der Waals surface area contributed by atoms with Crippen molar-refractivity contribution in [1.29, 1.82) is 0 Å². The molecule has 1 saturated heterocycles. The molecule has 0 aromatic heterocycles. The Bertz CT molecular complexity index is 346. The third kappa shape index (κ3) is 2.26. The number of thiocarbonyl (C=S) groups is 1. The first kappa shape index (κ1) is 13.7. The SMILES string of the molecule is CN1CCC(N(C)C(=O)C2(C(N)=S)CCC2)CC1. The Labute approximate surface area is 114 Å². The fraction of sp³-hybridized carbons (Fsp3) is 0.846. The summed E-state index contributed by atoms with van der Waals surface area (Å²) in [7, 11) is 4.04. The molecule has 18 heavy (non-hydrogen) atoms. The van der Waals surface area contributed by atoms with E-state index in [9.17, 15) is 4.79 Å². The highest BCUT2D eigenvalue weighted by Gasteiger charge is 2.49. The largest absolute Gasteiger partial charge is 0.392 e. The molecule has 0 atom stereocenters. The lowest BCUT2D eigenvalue weighted by molar-refractivity contribution is -0.143. The first-order valence-electron chi connectivity index (χ1n) is 6.73. The molecule has 2 fully saturated rings. The predicted molar refractivity (Wildman–Crippen MR) is 76.4 cm³/mol. The molecule has 4 nitrogen and oxygen atoms in total. The highest BCUT2D eigenvalue weighted by atomic mass is 32.1. The van der Waals surface area contributed by atoms with Crippen LogP contribution in [0.1, 0.15) is 32.1 Å². The number of carbonyl (C=O) groups excluding carboxylic acids is 1. The molecule has 0 spiro atoms. The maximum atomic E-state index is 12.6. The first-order chi connectivity index (χ1) is 8.47. The average Bonchev–Trinajstić information content (AvgIpc) is 2.27. The lowest BCUT2D eigenvalue weighted by atomic mass is 9.67. The van der Waals surface area contributed by atoms with Gasteiger partial charge < -0.3 is 15.5 Å². The second-order valence-electron chi connectivity index (χ2n) is 5.75. The number of nitrogens with zero attached hydrogens (tertiary/aromatic N) is 2. The van der Waals surface area contributed by atoms with E-state index in [2.05, 4.69) is 11.9 Å². The lowest BCUT2D eigenvalue weighted by Crippen LogP contribution is -2.56. The molecule has 1 aliphatic heterocycles. The zero-order valence-electron chi connectivity index (χ0n) is 11.3. The van der Waals surface area contributed by atoms with Crippen LogP contribution in [0.15, 0.2) is 0 Å². The summed E-state index contributed by atoms with van der Waals surface area (Å²) in [5, 5.41) is 0. The van der Waals surface area contributed by atoms with Gasteiger partial charge in [-0.1, -0.05) is 18.6 Å². The third-order valence-electron chi connectivity index (χ3n) is 4.64. The molecule has 0 bridgehead atoms. The molecule has 2 rings (SSSR count). The van der Waals surface area contributed by atoms with Crippen LogP contribution in [0.5, 0.6) is 0 Å². The number of rotatable bonds is 3. The standard InChI is InChI=1S/C13H23N3OS/c1-15-8-4-10(5-9-15)16(2)12(17)13(11(14)18)6-3-7-13/h10H,3-9H2,1-2H3,(H2,14,18). The molecule has 2 N–H and O–H groups in total.